The molecule has 0 saturated heterocycles. The van der Waals surface area contributed by atoms with E-state index in [0.29, 0.717) is 22.8 Å². The van der Waals surface area contributed by atoms with Crippen molar-refractivity contribution < 1.29 is 39.2 Å². The maximum Gasteiger partial charge on any atom is 0.255 e. The molecule has 10 heteroatoms. The van der Waals surface area contributed by atoms with Gasteiger partial charge in [0, 0.05) is 17.1 Å². The molecule has 10 nitrogen and oxygen atoms in total. The summed E-state index contributed by atoms with van der Waals surface area (Å²) in [6.07, 6.45) is 3.52. The van der Waals surface area contributed by atoms with Crippen LogP contribution < -0.4 is 5.73 Å². The molecule has 212 valence electrons. The average Bonchev–Trinajstić information content (AvgIpc) is 3.33. The summed E-state index contributed by atoms with van der Waals surface area (Å²) in [5.41, 5.74) is 3.95. The number of phenolic OH excluding ortho intramolecular Hbond substituents is 1. The van der Waals surface area contributed by atoms with Gasteiger partial charge in [0.15, 0.2) is 11.4 Å². The number of hydrogen-bond acceptors (Lipinski definition) is 9. The Morgan fingerprint density at radius 1 is 1.18 bits per heavy atom. The third kappa shape index (κ3) is 3.88. The molecule has 0 radical (unpaired) electrons. The highest BCUT2D eigenvalue weighted by molar-refractivity contribution is 6.24. The zero-order chi connectivity index (χ0) is 29.3. The van der Waals surface area contributed by atoms with Crippen LogP contribution in [0.3, 0.4) is 0 Å². The summed E-state index contributed by atoms with van der Waals surface area (Å²) in [6.45, 7) is 4.26. The van der Waals surface area contributed by atoms with Crippen LogP contribution >= 0.6 is 0 Å². The number of amides is 1. The van der Waals surface area contributed by atoms with E-state index in [9.17, 15) is 34.8 Å². The Balaban J connectivity index is 1.69. The lowest BCUT2D eigenvalue weighted by atomic mass is 9.57. The van der Waals surface area contributed by atoms with Crippen LogP contribution in [0, 0.1) is 17.8 Å². The van der Waals surface area contributed by atoms with Crippen molar-refractivity contribution in [1.82, 2.24) is 4.90 Å². The number of benzene rings is 1. The minimum Gasteiger partial charge on any atom is -0.508 e. The molecule has 0 unspecified atom stereocenters. The van der Waals surface area contributed by atoms with Crippen LogP contribution in [0.25, 0.3) is 17.1 Å². The van der Waals surface area contributed by atoms with Gasteiger partial charge < -0.3 is 30.6 Å². The van der Waals surface area contributed by atoms with Crippen LogP contribution in [0.5, 0.6) is 5.75 Å². The van der Waals surface area contributed by atoms with E-state index < -0.39 is 58.0 Å². The van der Waals surface area contributed by atoms with E-state index in [4.69, 9.17) is 10.2 Å². The molecule has 40 heavy (non-hydrogen) atoms. The summed E-state index contributed by atoms with van der Waals surface area (Å²) in [7, 11) is 3.14. The molecule has 1 aromatic carbocycles. The molecule has 5 rings (SSSR count). The molecule has 0 spiro atoms. The molecule has 1 fully saturated rings. The minimum absolute atomic E-state index is 0.0270. The fourth-order valence-electron chi connectivity index (χ4n) is 6.67. The number of aliphatic hydroxyl groups is 3. The molecular weight excluding hydrogens is 516 g/mol. The smallest absolute Gasteiger partial charge is 0.255 e. The van der Waals surface area contributed by atoms with Crippen molar-refractivity contribution in [3.63, 3.8) is 0 Å². The van der Waals surface area contributed by atoms with E-state index in [-0.39, 0.29) is 29.7 Å². The fraction of sp³-hybridized carbons (Fsp3) is 0.433. The maximum absolute atomic E-state index is 14.0. The summed E-state index contributed by atoms with van der Waals surface area (Å²) in [5, 5.41) is 45.0. The first-order chi connectivity index (χ1) is 18.8. The number of nitrogens with two attached hydrogens (primary N) is 1. The van der Waals surface area contributed by atoms with Gasteiger partial charge in [0.2, 0.25) is 5.78 Å². The first-order valence-electron chi connectivity index (χ1n) is 13.4. The number of ketones is 2. The van der Waals surface area contributed by atoms with Gasteiger partial charge in [0.1, 0.15) is 28.6 Å². The number of likely N-dealkylation sites (N-methyl/N-ethyl adjacent to an activating group) is 1. The number of Topliss-reactive ketones (excluding diaryl/α,β-unsaturated/α-hetero) is 2. The highest BCUT2D eigenvalue weighted by atomic mass is 16.3. The summed E-state index contributed by atoms with van der Waals surface area (Å²) in [6, 6.07) is 3.89. The fourth-order valence-corrected chi connectivity index (χ4v) is 6.67. The Bertz CT molecular complexity index is 1500. The van der Waals surface area contributed by atoms with E-state index in [2.05, 4.69) is 13.8 Å². The largest absolute Gasteiger partial charge is 0.508 e. The molecule has 2 aromatic rings. The van der Waals surface area contributed by atoms with Crippen LogP contribution in [0.1, 0.15) is 43.4 Å². The number of aromatic hydroxyl groups is 1. The summed E-state index contributed by atoms with van der Waals surface area (Å²) in [5.74, 6) is -5.67. The van der Waals surface area contributed by atoms with Crippen LogP contribution in [0.15, 0.2) is 45.8 Å². The zero-order valence-electron chi connectivity index (χ0n) is 22.9. The third-order valence-corrected chi connectivity index (χ3v) is 8.59. The highest BCUT2D eigenvalue weighted by Gasteiger charge is 2.64. The van der Waals surface area contributed by atoms with Crippen LogP contribution in [-0.2, 0) is 27.2 Å². The summed E-state index contributed by atoms with van der Waals surface area (Å²) in [4.78, 5) is 40.8. The molecule has 1 amide bonds. The lowest BCUT2D eigenvalue weighted by Crippen LogP contribution is -2.65. The molecule has 0 bridgehead atoms. The number of primary amides is 1. The van der Waals surface area contributed by atoms with Crippen molar-refractivity contribution in [3.05, 3.63) is 58.1 Å². The van der Waals surface area contributed by atoms with Gasteiger partial charge in [-0.15, -0.1) is 0 Å². The minimum atomic E-state index is -2.66. The van der Waals surface area contributed by atoms with Gasteiger partial charge in [-0.3, -0.25) is 19.3 Å². The number of aryl methyl sites for hydroxylation is 1. The van der Waals surface area contributed by atoms with E-state index in [0.717, 1.165) is 18.4 Å². The van der Waals surface area contributed by atoms with Gasteiger partial charge in [-0.05, 0) is 80.9 Å². The topological polar surface area (TPSA) is 175 Å². The second kappa shape index (κ2) is 9.64. The second-order valence-electron chi connectivity index (χ2n) is 11.7. The average molecular weight is 551 g/mol. The van der Waals surface area contributed by atoms with E-state index in [1.54, 1.807) is 26.4 Å². The molecule has 0 aliphatic heterocycles. The Kier molecular flexibility index (Phi) is 6.67. The molecule has 4 atom stereocenters. The van der Waals surface area contributed by atoms with Crippen molar-refractivity contribution >= 4 is 23.2 Å². The van der Waals surface area contributed by atoms with Gasteiger partial charge in [-0.25, -0.2) is 0 Å². The monoisotopic (exact) mass is 550 g/mol. The van der Waals surface area contributed by atoms with Gasteiger partial charge >= 0.3 is 0 Å². The molecule has 3 aliphatic rings. The maximum atomic E-state index is 14.0. The zero-order valence-corrected chi connectivity index (χ0v) is 22.9. The summed E-state index contributed by atoms with van der Waals surface area (Å²) >= 11 is 0. The normalized spacial score (nSPS) is 26.3. The molecule has 1 saturated carbocycles. The van der Waals surface area contributed by atoms with Gasteiger partial charge in [-0.1, -0.05) is 13.8 Å². The van der Waals surface area contributed by atoms with Crippen LogP contribution in [0.2, 0.25) is 0 Å². The lowest BCUT2D eigenvalue weighted by molar-refractivity contribution is -0.153. The van der Waals surface area contributed by atoms with Crippen LogP contribution in [-0.4, -0.2) is 68.5 Å². The Labute approximate surface area is 231 Å². The van der Waals surface area contributed by atoms with Crippen molar-refractivity contribution in [2.45, 2.75) is 51.2 Å². The second-order valence-corrected chi connectivity index (χ2v) is 11.7. The number of rotatable bonds is 6. The van der Waals surface area contributed by atoms with Gasteiger partial charge in [0.25, 0.3) is 5.91 Å². The molecule has 1 aromatic heterocycles. The van der Waals surface area contributed by atoms with E-state index >= 15 is 0 Å². The SMILES string of the molecule is CC(C)CCc1ccoc1-c1ccc(O)c2c1C[C@H]1C[C@H]3[C@H](N(C)C)C(=O)C(C(N)=O)=C(O)[C@@]3(O)C(=O)C1=C2O. The Hall–Kier alpha value is -3.89. The number of fused-ring (bicyclic) bond motifs is 3. The summed E-state index contributed by atoms with van der Waals surface area (Å²) < 4.78 is 5.87. The van der Waals surface area contributed by atoms with E-state index in [1.165, 1.54) is 11.0 Å². The Morgan fingerprint density at radius 3 is 2.50 bits per heavy atom. The molecular formula is C30H34N2O8. The van der Waals surface area contributed by atoms with Gasteiger partial charge in [0.05, 0.1) is 17.9 Å². The number of hydrogen-bond donors (Lipinski definition) is 5. The van der Waals surface area contributed by atoms with Gasteiger partial charge in [-0.2, -0.15) is 0 Å². The third-order valence-electron chi connectivity index (χ3n) is 8.59. The number of furan rings is 1. The first-order valence-corrected chi connectivity index (χ1v) is 13.4. The molecule has 1 heterocycles. The number of nitrogens with zero attached hydrogens (tertiary/aromatic N) is 1. The van der Waals surface area contributed by atoms with Crippen molar-refractivity contribution in [3.8, 4) is 17.1 Å². The standard InChI is InChI=1S/C30H34N2O8/c1-13(2)5-6-14-9-10-40-26(14)16-7-8-19(33)21-17(16)11-15-12-18-23(32(3)4)25(35)22(29(31)38)28(37)30(18,39)27(36)20(15)24(21)34/h7-10,13,15,18,23,33-34,37,39H,5-6,11-12H2,1-4H3,(H2,31,38)/t15-,18-,23-,30-/m0/s1. The van der Waals surface area contributed by atoms with Crippen LogP contribution in [0.4, 0.5) is 0 Å². The number of carbonyl (C=O) groups excluding carboxylic acids is 3. The number of aliphatic hydroxyl groups excluding tert-OH is 2. The predicted molar refractivity (Wildman–Crippen MR) is 145 cm³/mol. The quantitative estimate of drug-likeness (QED) is 0.339. The first kappa shape index (κ1) is 27.7. The van der Waals surface area contributed by atoms with E-state index in [1.807, 2.05) is 6.07 Å². The van der Waals surface area contributed by atoms with Crippen molar-refractivity contribution in [2.24, 2.45) is 23.5 Å². The van der Waals surface area contributed by atoms with Crippen molar-refractivity contribution in [1.29, 1.82) is 0 Å². The number of carbonyl (C=O) groups is 3. The Morgan fingerprint density at radius 2 is 1.88 bits per heavy atom. The molecule has 3 aliphatic carbocycles. The lowest BCUT2D eigenvalue weighted by Gasteiger charge is -2.50. The predicted octanol–water partition coefficient (Wildman–Crippen LogP) is 2.81. The highest BCUT2D eigenvalue weighted by Crippen LogP contribution is 2.53. The van der Waals surface area contributed by atoms with Crippen molar-refractivity contribution in [2.75, 3.05) is 14.1 Å². The molecule has 6 N–H and O–H groups in total. The number of phenols is 1.